The molecule has 1 atom stereocenters. The first-order chi connectivity index (χ1) is 10.3. The average Bonchev–Trinajstić information content (AvgIpc) is 2.55. The van der Waals surface area contributed by atoms with E-state index in [1.807, 2.05) is 30.3 Å². The Morgan fingerprint density at radius 1 is 1.00 bits per heavy atom. The molecule has 0 saturated heterocycles. The van der Waals surface area contributed by atoms with Crippen LogP contribution in [-0.4, -0.2) is 15.1 Å². The van der Waals surface area contributed by atoms with E-state index in [2.05, 4.69) is 29.0 Å². The number of aliphatic hydroxyl groups excluding tert-OH is 1. The highest BCUT2D eigenvalue weighted by atomic mass is 16.3. The Bertz CT molecular complexity index is 732. The van der Waals surface area contributed by atoms with Crippen LogP contribution in [-0.2, 0) is 6.42 Å². The highest BCUT2D eigenvalue weighted by Gasteiger charge is 2.14. The molecular weight excluding hydrogens is 260 g/mol. The molecule has 0 saturated carbocycles. The summed E-state index contributed by atoms with van der Waals surface area (Å²) in [6.45, 7) is 2.16. The van der Waals surface area contributed by atoms with Gasteiger partial charge >= 0.3 is 0 Å². The Balaban J connectivity index is 1.98. The average molecular weight is 278 g/mol. The number of aliphatic hydroxyl groups is 1. The zero-order chi connectivity index (χ0) is 14.7. The van der Waals surface area contributed by atoms with Gasteiger partial charge in [-0.3, -0.25) is 9.97 Å². The van der Waals surface area contributed by atoms with Crippen LogP contribution in [0.15, 0.2) is 54.9 Å². The maximum absolute atomic E-state index is 10.6. The topological polar surface area (TPSA) is 46.0 Å². The van der Waals surface area contributed by atoms with Crippen LogP contribution in [0.2, 0.25) is 0 Å². The fraction of sp³-hybridized carbons (Fsp3) is 0.222. The molecule has 0 aliphatic heterocycles. The van der Waals surface area contributed by atoms with Gasteiger partial charge in [0.05, 0.1) is 11.0 Å². The number of para-hydroxylation sites is 1. The number of hydrogen-bond donors (Lipinski definition) is 1. The molecule has 2 aromatic carbocycles. The summed E-state index contributed by atoms with van der Waals surface area (Å²) >= 11 is 0. The van der Waals surface area contributed by atoms with Gasteiger partial charge in [-0.25, -0.2) is 0 Å². The Morgan fingerprint density at radius 2 is 1.76 bits per heavy atom. The number of aryl methyl sites for hydroxylation is 1. The lowest BCUT2D eigenvalue weighted by atomic mass is 9.98. The molecule has 21 heavy (non-hydrogen) atoms. The molecule has 1 N–H and O–H groups in total. The standard InChI is InChI=1S/C18H18N2O/c1-2-4-13-7-9-14(10-8-13)18(21)15-5-3-6-16-17(15)20-12-11-19-16/h3,5-12,18,21H,2,4H2,1H3. The van der Waals surface area contributed by atoms with E-state index >= 15 is 0 Å². The van der Waals surface area contributed by atoms with E-state index in [0.717, 1.165) is 35.0 Å². The number of aromatic nitrogens is 2. The molecule has 3 aromatic rings. The van der Waals surface area contributed by atoms with Crippen molar-refractivity contribution in [2.75, 3.05) is 0 Å². The van der Waals surface area contributed by atoms with Gasteiger partial charge in [0.1, 0.15) is 6.10 Å². The van der Waals surface area contributed by atoms with Gasteiger partial charge in [0, 0.05) is 18.0 Å². The Labute approximate surface area is 124 Å². The van der Waals surface area contributed by atoms with Crippen molar-refractivity contribution >= 4 is 11.0 Å². The van der Waals surface area contributed by atoms with Crippen molar-refractivity contribution in [3.05, 3.63) is 71.5 Å². The summed E-state index contributed by atoms with van der Waals surface area (Å²) in [5.41, 5.74) is 4.53. The van der Waals surface area contributed by atoms with Gasteiger partial charge in [0.25, 0.3) is 0 Å². The molecule has 0 radical (unpaired) electrons. The van der Waals surface area contributed by atoms with Crippen LogP contribution in [0, 0.1) is 0 Å². The number of rotatable bonds is 4. The van der Waals surface area contributed by atoms with Gasteiger partial charge in [-0.1, -0.05) is 49.7 Å². The summed E-state index contributed by atoms with van der Waals surface area (Å²) in [5.74, 6) is 0. The monoisotopic (exact) mass is 278 g/mol. The van der Waals surface area contributed by atoms with Crippen LogP contribution in [0.4, 0.5) is 0 Å². The van der Waals surface area contributed by atoms with E-state index in [4.69, 9.17) is 0 Å². The largest absolute Gasteiger partial charge is 0.384 e. The van der Waals surface area contributed by atoms with Gasteiger partial charge in [0.15, 0.2) is 0 Å². The first-order valence-corrected chi connectivity index (χ1v) is 7.26. The summed E-state index contributed by atoms with van der Waals surface area (Å²) < 4.78 is 0. The molecule has 0 aliphatic rings. The molecule has 0 amide bonds. The van der Waals surface area contributed by atoms with E-state index in [1.165, 1.54) is 5.56 Å². The van der Waals surface area contributed by atoms with Crippen LogP contribution in [0.5, 0.6) is 0 Å². The zero-order valence-corrected chi connectivity index (χ0v) is 12.0. The third-order valence-electron chi connectivity index (χ3n) is 3.66. The van der Waals surface area contributed by atoms with Crippen molar-refractivity contribution in [3.8, 4) is 0 Å². The molecule has 1 heterocycles. The molecule has 106 valence electrons. The zero-order valence-electron chi connectivity index (χ0n) is 12.0. The fourth-order valence-corrected chi connectivity index (χ4v) is 2.57. The minimum atomic E-state index is -0.680. The predicted octanol–water partition coefficient (Wildman–Crippen LogP) is 3.66. The molecule has 0 aliphatic carbocycles. The second-order valence-electron chi connectivity index (χ2n) is 5.17. The summed E-state index contributed by atoms with van der Waals surface area (Å²) in [5, 5.41) is 10.6. The van der Waals surface area contributed by atoms with Crippen LogP contribution >= 0.6 is 0 Å². The Morgan fingerprint density at radius 3 is 2.52 bits per heavy atom. The quantitative estimate of drug-likeness (QED) is 0.792. The highest BCUT2D eigenvalue weighted by Crippen LogP contribution is 2.27. The Kier molecular flexibility index (Phi) is 3.93. The molecule has 3 nitrogen and oxygen atoms in total. The second-order valence-corrected chi connectivity index (χ2v) is 5.17. The molecule has 0 fully saturated rings. The fourth-order valence-electron chi connectivity index (χ4n) is 2.57. The molecule has 3 heteroatoms. The summed E-state index contributed by atoms with van der Waals surface area (Å²) in [7, 11) is 0. The van der Waals surface area contributed by atoms with E-state index < -0.39 is 6.10 Å². The smallest absolute Gasteiger partial charge is 0.106 e. The minimum Gasteiger partial charge on any atom is -0.384 e. The summed E-state index contributed by atoms with van der Waals surface area (Å²) in [6.07, 6.45) is 4.83. The van der Waals surface area contributed by atoms with Gasteiger partial charge in [0.2, 0.25) is 0 Å². The van der Waals surface area contributed by atoms with Gasteiger partial charge < -0.3 is 5.11 Å². The van der Waals surface area contributed by atoms with Crippen molar-refractivity contribution in [2.24, 2.45) is 0 Å². The van der Waals surface area contributed by atoms with Crippen LogP contribution in [0.25, 0.3) is 11.0 Å². The molecule has 3 rings (SSSR count). The van der Waals surface area contributed by atoms with Crippen molar-refractivity contribution in [3.63, 3.8) is 0 Å². The van der Waals surface area contributed by atoms with Crippen LogP contribution < -0.4 is 0 Å². The maximum Gasteiger partial charge on any atom is 0.106 e. The molecule has 1 unspecified atom stereocenters. The van der Waals surface area contributed by atoms with Gasteiger partial charge in [-0.05, 0) is 23.6 Å². The van der Waals surface area contributed by atoms with Gasteiger partial charge in [-0.2, -0.15) is 0 Å². The molecule has 0 bridgehead atoms. The van der Waals surface area contributed by atoms with Crippen molar-refractivity contribution in [1.29, 1.82) is 0 Å². The van der Waals surface area contributed by atoms with Crippen LogP contribution in [0.3, 0.4) is 0 Å². The third-order valence-corrected chi connectivity index (χ3v) is 3.66. The highest BCUT2D eigenvalue weighted by molar-refractivity contribution is 5.78. The summed E-state index contributed by atoms with van der Waals surface area (Å²) in [6, 6.07) is 13.9. The summed E-state index contributed by atoms with van der Waals surface area (Å²) in [4.78, 5) is 8.64. The van der Waals surface area contributed by atoms with Crippen molar-refractivity contribution < 1.29 is 5.11 Å². The van der Waals surface area contributed by atoms with Crippen molar-refractivity contribution in [1.82, 2.24) is 9.97 Å². The normalized spacial score (nSPS) is 12.5. The Hall–Kier alpha value is -2.26. The lowest BCUT2D eigenvalue weighted by Crippen LogP contribution is -2.02. The first-order valence-electron chi connectivity index (χ1n) is 7.26. The number of hydrogen-bond acceptors (Lipinski definition) is 3. The van der Waals surface area contributed by atoms with E-state index in [-0.39, 0.29) is 0 Å². The first kappa shape index (κ1) is 13.7. The van der Waals surface area contributed by atoms with Gasteiger partial charge in [-0.15, -0.1) is 0 Å². The predicted molar refractivity (Wildman–Crippen MR) is 84.0 cm³/mol. The number of fused-ring (bicyclic) bond motifs is 1. The van der Waals surface area contributed by atoms with Crippen molar-refractivity contribution in [2.45, 2.75) is 25.9 Å². The minimum absolute atomic E-state index is 0.680. The molecule has 0 spiro atoms. The van der Waals surface area contributed by atoms with E-state index in [0.29, 0.717) is 0 Å². The lowest BCUT2D eigenvalue weighted by Gasteiger charge is -2.13. The SMILES string of the molecule is CCCc1ccc(C(O)c2cccc3nccnc23)cc1. The molecular formula is C18H18N2O. The van der Waals surface area contributed by atoms with E-state index in [1.54, 1.807) is 12.4 Å². The lowest BCUT2D eigenvalue weighted by molar-refractivity contribution is 0.221. The number of nitrogens with zero attached hydrogens (tertiary/aromatic N) is 2. The number of benzene rings is 2. The van der Waals surface area contributed by atoms with E-state index in [9.17, 15) is 5.11 Å². The molecule has 1 aromatic heterocycles. The van der Waals surface area contributed by atoms with Crippen LogP contribution in [0.1, 0.15) is 36.1 Å². The maximum atomic E-state index is 10.6. The second kappa shape index (κ2) is 6.02. The third kappa shape index (κ3) is 2.78.